The van der Waals surface area contributed by atoms with Crippen molar-refractivity contribution in [2.45, 2.75) is 20.4 Å². The molecule has 1 N–H and O–H groups in total. The Morgan fingerprint density at radius 1 is 1.42 bits per heavy atom. The van der Waals surface area contributed by atoms with E-state index >= 15 is 0 Å². The zero-order chi connectivity index (χ0) is 17.7. The maximum absolute atomic E-state index is 12.4. The SMILES string of the molecule is CCOc1cc([N+](=O)[O-])c(C(=O)NCc2cnc(C)s2)cc1OC. The molecule has 0 radical (unpaired) electrons. The Balaban J connectivity index is 2.29. The Bertz CT molecular complexity index is 760. The molecule has 1 aromatic carbocycles. The Hall–Kier alpha value is -2.68. The van der Waals surface area contributed by atoms with E-state index in [2.05, 4.69) is 10.3 Å². The van der Waals surface area contributed by atoms with E-state index in [0.29, 0.717) is 6.61 Å². The summed E-state index contributed by atoms with van der Waals surface area (Å²) in [6.07, 6.45) is 1.66. The first-order valence-electron chi connectivity index (χ1n) is 7.15. The lowest BCUT2D eigenvalue weighted by Crippen LogP contribution is -2.23. The van der Waals surface area contributed by atoms with Gasteiger partial charge < -0.3 is 14.8 Å². The number of nitro benzene ring substituents is 1. The van der Waals surface area contributed by atoms with Crippen LogP contribution in [0.2, 0.25) is 0 Å². The van der Waals surface area contributed by atoms with Crippen LogP contribution in [-0.2, 0) is 6.54 Å². The number of carbonyl (C=O) groups excluding carboxylic acids is 1. The van der Waals surface area contributed by atoms with E-state index in [4.69, 9.17) is 9.47 Å². The molecule has 2 aromatic rings. The third-order valence-corrected chi connectivity index (χ3v) is 4.03. The highest BCUT2D eigenvalue weighted by Gasteiger charge is 2.24. The number of amides is 1. The van der Waals surface area contributed by atoms with E-state index in [1.54, 1.807) is 13.1 Å². The summed E-state index contributed by atoms with van der Waals surface area (Å²) in [5.74, 6) is -0.0725. The largest absolute Gasteiger partial charge is 0.493 e. The molecule has 0 unspecified atom stereocenters. The average molecular weight is 351 g/mol. The highest BCUT2D eigenvalue weighted by Crippen LogP contribution is 2.34. The van der Waals surface area contributed by atoms with Gasteiger partial charge in [-0.15, -0.1) is 11.3 Å². The van der Waals surface area contributed by atoms with Crippen LogP contribution >= 0.6 is 11.3 Å². The zero-order valence-corrected chi connectivity index (χ0v) is 14.3. The molecule has 2 rings (SSSR count). The second kappa shape index (κ2) is 7.73. The van der Waals surface area contributed by atoms with Crippen molar-refractivity contribution < 1.29 is 19.2 Å². The molecule has 1 amide bonds. The minimum absolute atomic E-state index is 0.0819. The number of aryl methyl sites for hydroxylation is 1. The van der Waals surface area contributed by atoms with Gasteiger partial charge in [-0.05, 0) is 13.8 Å². The number of nitrogens with zero attached hydrogens (tertiary/aromatic N) is 2. The first-order valence-corrected chi connectivity index (χ1v) is 7.96. The number of nitrogens with one attached hydrogen (secondary N) is 1. The van der Waals surface area contributed by atoms with Crippen molar-refractivity contribution in [1.82, 2.24) is 10.3 Å². The van der Waals surface area contributed by atoms with Crippen molar-refractivity contribution in [3.63, 3.8) is 0 Å². The second-order valence-corrected chi connectivity index (χ2v) is 6.06. The summed E-state index contributed by atoms with van der Waals surface area (Å²) in [7, 11) is 1.41. The fourth-order valence-electron chi connectivity index (χ4n) is 2.06. The van der Waals surface area contributed by atoms with Gasteiger partial charge in [0.25, 0.3) is 11.6 Å². The number of hydrogen-bond donors (Lipinski definition) is 1. The van der Waals surface area contributed by atoms with E-state index in [1.165, 1.54) is 30.6 Å². The van der Waals surface area contributed by atoms with E-state index in [1.807, 2.05) is 6.92 Å². The molecule has 0 spiro atoms. The Morgan fingerprint density at radius 2 is 2.17 bits per heavy atom. The number of aromatic nitrogens is 1. The highest BCUT2D eigenvalue weighted by molar-refractivity contribution is 7.11. The van der Waals surface area contributed by atoms with Gasteiger partial charge in [0.05, 0.1) is 36.3 Å². The smallest absolute Gasteiger partial charge is 0.286 e. The Labute approximate surface area is 142 Å². The highest BCUT2D eigenvalue weighted by atomic mass is 32.1. The van der Waals surface area contributed by atoms with Gasteiger partial charge in [0.2, 0.25) is 0 Å². The van der Waals surface area contributed by atoms with Gasteiger partial charge in [-0.2, -0.15) is 0 Å². The summed E-state index contributed by atoms with van der Waals surface area (Å²) < 4.78 is 10.5. The number of hydrogen-bond acceptors (Lipinski definition) is 7. The Morgan fingerprint density at radius 3 is 2.71 bits per heavy atom. The summed E-state index contributed by atoms with van der Waals surface area (Å²) in [5.41, 5.74) is -0.418. The zero-order valence-electron chi connectivity index (χ0n) is 13.5. The topological polar surface area (TPSA) is 104 Å². The van der Waals surface area contributed by atoms with Crippen LogP contribution in [-0.4, -0.2) is 29.5 Å². The van der Waals surface area contributed by atoms with Crippen molar-refractivity contribution >= 4 is 22.9 Å². The normalized spacial score (nSPS) is 10.3. The quantitative estimate of drug-likeness (QED) is 0.607. The molecule has 128 valence electrons. The number of thiazole rings is 1. The number of carbonyl (C=O) groups is 1. The van der Waals surface area contributed by atoms with E-state index in [-0.39, 0.29) is 29.3 Å². The number of benzene rings is 1. The molecule has 8 nitrogen and oxygen atoms in total. The predicted octanol–water partition coefficient (Wildman–Crippen LogP) is 2.70. The molecule has 0 bridgehead atoms. The second-order valence-electron chi connectivity index (χ2n) is 4.74. The minimum Gasteiger partial charge on any atom is -0.493 e. The van der Waals surface area contributed by atoms with Gasteiger partial charge in [-0.25, -0.2) is 4.98 Å². The van der Waals surface area contributed by atoms with Crippen molar-refractivity contribution in [3.05, 3.63) is 43.9 Å². The number of methoxy groups -OCH3 is 1. The maximum atomic E-state index is 12.4. The van der Waals surface area contributed by atoms with Crippen molar-refractivity contribution in [2.75, 3.05) is 13.7 Å². The van der Waals surface area contributed by atoms with Gasteiger partial charge in [0.1, 0.15) is 5.56 Å². The first-order chi connectivity index (χ1) is 11.5. The van der Waals surface area contributed by atoms with Crippen molar-refractivity contribution in [1.29, 1.82) is 0 Å². The standard InChI is InChI=1S/C15H17N3O5S/c1-4-23-14-6-12(18(20)21)11(5-13(14)22-3)15(19)17-8-10-7-16-9(2)24-10/h5-7H,4,8H2,1-3H3,(H,17,19). The molecule has 0 aliphatic carbocycles. The fourth-order valence-corrected chi connectivity index (χ4v) is 2.79. The van der Waals surface area contributed by atoms with Crippen LogP contribution in [0.25, 0.3) is 0 Å². The van der Waals surface area contributed by atoms with Crippen molar-refractivity contribution in [2.24, 2.45) is 0 Å². The molecule has 0 saturated heterocycles. The maximum Gasteiger partial charge on any atom is 0.286 e. The van der Waals surface area contributed by atoms with Gasteiger partial charge in [0.15, 0.2) is 11.5 Å². The van der Waals surface area contributed by atoms with Crippen LogP contribution in [0.5, 0.6) is 11.5 Å². The molecule has 9 heteroatoms. The first kappa shape index (κ1) is 17.7. The molecule has 0 atom stereocenters. The summed E-state index contributed by atoms with van der Waals surface area (Å²) in [4.78, 5) is 28.0. The molecule has 24 heavy (non-hydrogen) atoms. The van der Waals surface area contributed by atoms with Gasteiger partial charge >= 0.3 is 0 Å². The van der Waals surface area contributed by atoms with Crippen LogP contribution in [0.1, 0.15) is 27.2 Å². The molecular formula is C15H17N3O5S. The molecule has 1 aromatic heterocycles. The average Bonchev–Trinajstić information content (AvgIpc) is 2.97. The summed E-state index contributed by atoms with van der Waals surface area (Å²) in [6, 6.07) is 2.52. The molecule has 0 aliphatic heterocycles. The minimum atomic E-state index is -0.617. The summed E-state index contributed by atoms with van der Waals surface area (Å²) in [5, 5.41) is 14.8. The van der Waals surface area contributed by atoms with Crippen LogP contribution in [0.15, 0.2) is 18.3 Å². The Kier molecular flexibility index (Phi) is 5.69. The van der Waals surface area contributed by atoms with Crippen LogP contribution < -0.4 is 14.8 Å². The molecule has 0 saturated carbocycles. The predicted molar refractivity (Wildman–Crippen MR) is 88.8 cm³/mol. The number of nitro groups is 1. The van der Waals surface area contributed by atoms with Gasteiger partial charge in [-0.1, -0.05) is 0 Å². The summed E-state index contributed by atoms with van der Waals surface area (Å²) >= 11 is 1.45. The summed E-state index contributed by atoms with van der Waals surface area (Å²) in [6.45, 7) is 4.18. The van der Waals surface area contributed by atoms with Gasteiger partial charge in [0, 0.05) is 17.1 Å². The lowest BCUT2D eigenvalue weighted by atomic mass is 10.1. The lowest BCUT2D eigenvalue weighted by molar-refractivity contribution is -0.385. The number of ether oxygens (including phenoxy) is 2. The van der Waals surface area contributed by atoms with E-state index in [0.717, 1.165) is 9.88 Å². The third kappa shape index (κ3) is 3.99. The fraction of sp³-hybridized carbons (Fsp3) is 0.333. The van der Waals surface area contributed by atoms with E-state index in [9.17, 15) is 14.9 Å². The third-order valence-electron chi connectivity index (χ3n) is 3.12. The molecule has 1 heterocycles. The van der Waals surface area contributed by atoms with Crippen molar-refractivity contribution in [3.8, 4) is 11.5 Å². The molecule has 0 fully saturated rings. The van der Waals surface area contributed by atoms with Crippen LogP contribution in [0, 0.1) is 17.0 Å². The van der Waals surface area contributed by atoms with E-state index < -0.39 is 10.8 Å². The lowest BCUT2D eigenvalue weighted by Gasteiger charge is -2.11. The number of rotatable bonds is 7. The monoisotopic (exact) mass is 351 g/mol. The van der Waals surface area contributed by atoms with Gasteiger partial charge in [-0.3, -0.25) is 14.9 Å². The molecule has 0 aliphatic rings. The van der Waals surface area contributed by atoms with Crippen LogP contribution in [0.3, 0.4) is 0 Å². The molecular weight excluding hydrogens is 334 g/mol. The van der Waals surface area contributed by atoms with Crippen LogP contribution in [0.4, 0.5) is 5.69 Å².